The van der Waals surface area contributed by atoms with E-state index >= 15 is 0 Å². The van der Waals surface area contributed by atoms with E-state index in [0.29, 0.717) is 33.4 Å². The van der Waals surface area contributed by atoms with E-state index in [2.05, 4.69) is 10.5 Å². The molecule has 0 unspecified atom stereocenters. The van der Waals surface area contributed by atoms with Crippen molar-refractivity contribution in [3.63, 3.8) is 0 Å². The number of benzene rings is 3. The molecule has 0 aromatic heterocycles. The fourth-order valence-corrected chi connectivity index (χ4v) is 3.11. The molecule has 6 nitrogen and oxygen atoms in total. The number of amides is 1. The number of hydrazone groups is 1. The summed E-state index contributed by atoms with van der Waals surface area (Å²) in [5.41, 5.74) is 5.40. The molecule has 1 amide bonds. The predicted octanol–water partition coefficient (Wildman–Crippen LogP) is 5.01. The number of aryl methyl sites for hydroxylation is 1. The predicted molar refractivity (Wildman–Crippen MR) is 122 cm³/mol. The highest BCUT2D eigenvalue weighted by atomic mass is 35.5. The van der Waals surface area contributed by atoms with E-state index in [1.54, 1.807) is 31.4 Å². The van der Waals surface area contributed by atoms with Crippen LogP contribution in [0.2, 0.25) is 5.02 Å². The minimum Gasteiger partial charge on any atom is -0.496 e. The van der Waals surface area contributed by atoms with Crippen molar-refractivity contribution in [2.45, 2.75) is 13.5 Å². The summed E-state index contributed by atoms with van der Waals surface area (Å²) in [6, 6.07) is 18.2. The van der Waals surface area contributed by atoms with E-state index in [9.17, 15) is 4.79 Å². The molecule has 0 spiro atoms. The molecular formula is C24H23ClN2O4. The van der Waals surface area contributed by atoms with Crippen molar-refractivity contribution in [3.8, 4) is 17.2 Å². The molecule has 0 saturated carbocycles. The Morgan fingerprint density at radius 2 is 1.81 bits per heavy atom. The van der Waals surface area contributed by atoms with Crippen molar-refractivity contribution in [3.05, 3.63) is 87.9 Å². The van der Waals surface area contributed by atoms with Gasteiger partial charge >= 0.3 is 0 Å². The summed E-state index contributed by atoms with van der Waals surface area (Å²) in [6.45, 7) is 2.18. The number of hydrogen-bond donors (Lipinski definition) is 1. The number of halogens is 1. The molecule has 7 heteroatoms. The maximum atomic E-state index is 12.5. The Labute approximate surface area is 186 Å². The Kier molecular flexibility index (Phi) is 7.51. The van der Waals surface area contributed by atoms with E-state index in [1.807, 2.05) is 43.3 Å². The first-order chi connectivity index (χ1) is 15.0. The maximum absolute atomic E-state index is 12.5. The number of hydrogen-bond acceptors (Lipinski definition) is 5. The van der Waals surface area contributed by atoms with Gasteiger partial charge in [-0.1, -0.05) is 41.9 Å². The Morgan fingerprint density at radius 3 is 2.55 bits per heavy atom. The largest absolute Gasteiger partial charge is 0.496 e. The maximum Gasteiger partial charge on any atom is 0.275 e. The van der Waals surface area contributed by atoms with Gasteiger partial charge in [0.05, 0.1) is 26.0 Å². The van der Waals surface area contributed by atoms with Gasteiger partial charge in [-0.2, -0.15) is 5.10 Å². The number of ether oxygens (including phenoxy) is 3. The van der Waals surface area contributed by atoms with E-state index in [-0.39, 0.29) is 12.5 Å². The summed E-state index contributed by atoms with van der Waals surface area (Å²) >= 11 is 6.22. The average molecular weight is 439 g/mol. The number of para-hydroxylation sites is 1. The first-order valence-corrected chi connectivity index (χ1v) is 9.92. The second kappa shape index (κ2) is 10.5. The Morgan fingerprint density at radius 1 is 1.03 bits per heavy atom. The minimum atomic E-state index is -0.380. The van der Waals surface area contributed by atoms with Gasteiger partial charge in [0.2, 0.25) is 0 Å². The van der Waals surface area contributed by atoms with Crippen LogP contribution in [0.4, 0.5) is 0 Å². The SMILES string of the molecule is COc1cc(C)ccc1C(=O)N/N=C\c1cccc(OC)c1OCc1ccccc1Cl. The lowest BCUT2D eigenvalue weighted by Crippen LogP contribution is -2.18. The molecule has 0 fully saturated rings. The normalized spacial score (nSPS) is 10.7. The van der Waals surface area contributed by atoms with Crippen molar-refractivity contribution in [1.82, 2.24) is 5.43 Å². The Balaban J connectivity index is 1.77. The number of carbonyl (C=O) groups is 1. The van der Waals surface area contributed by atoms with Gasteiger partial charge < -0.3 is 14.2 Å². The molecule has 31 heavy (non-hydrogen) atoms. The van der Waals surface area contributed by atoms with Gasteiger partial charge in [0.25, 0.3) is 5.91 Å². The fourth-order valence-electron chi connectivity index (χ4n) is 2.92. The van der Waals surface area contributed by atoms with Crippen molar-refractivity contribution in [2.75, 3.05) is 14.2 Å². The zero-order valence-electron chi connectivity index (χ0n) is 17.5. The molecule has 0 saturated heterocycles. The zero-order chi connectivity index (χ0) is 22.2. The van der Waals surface area contributed by atoms with Gasteiger partial charge in [0, 0.05) is 16.1 Å². The Hall–Kier alpha value is -3.51. The second-order valence-electron chi connectivity index (χ2n) is 6.66. The number of rotatable bonds is 8. The smallest absolute Gasteiger partial charge is 0.275 e. The van der Waals surface area contributed by atoms with Gasteiger partial charge in [-0.15, -0.1) is 0 Å². The van der Waals surface area contributed by atoms with Crippen LogP contribution >= 0.6 is 11.6 Å². The van der Waals surface area contributed by atoms with Crippen LogP contribution in [-0.4, -0.2) is 26.3 Å². The molecule has 0 bridgehead atoms. The first-order valence-electron chi connectivity index (χ1n) is 9.54. The molecule has 3 rings (SSSR count). The molecule has 0 aliphatic heterocycles. The van der Waals surface area contributed by atoms with E-state index in [1.165, 1.54) is 13.3 Å². The lowest BCUT2D eigenvalue weighted by atomic mass is 10.1. The van der Waals surface area contributed by atoms with Crippen molar-refractivity contribution >= 4 is 23.7 Å². The van der Waals surface area contributed by atoms with Crippen LogP contribution in [0.15, 0.2) is 65.8 Å². The minimum absolute atomic E-state index is 0.258. The molecule has 0 aliphatic carbocycles. The summed E-state index contributed by atoms with van der Waals surface area (Å²) in [6.07, 6.45) is 1.50. The van der Waals surface area contributed by atoms with E-state index in [0.717, 1.165) is 11.1 Å². The van der Waals surface area contributed by atoms with E-state index < -0.39 is 0 Å². The topological polar surface area (TPSA) is 69.2 Å². The monoisotopic (exact) mass is 438 g/mol. The molecule has 0 radical (unpaired) electrons. The van der Waals surface area contributed by atoms with E-state index in [4.69, 9.17) is 25.8 Å². The first kappa shape index (κ1) is 22.2. The van der Waals surface area contributed by atoms with Gasteiger partial charge in [0.15, 0.2) is 11.5 Å². The van der Waals surface area contributed by atoms with Crippen molar-refractivity contribution in [1.29, 1.82) is 0 Å². The van der Waals surface area contributed by atoms with Crippen LogP contribution in [0.5, 0.6) is 17.2 Å². The summed E-state index contributed by atoms with van der Waals surface area (Å²) in [5.74, 6) is 1.14. The standard InChI is InChI=1S/C24H23ClN2O4/c1-16-11-12-19(22(13-16)30-3)24(28)27-26-14-17-8-6-10-21(29-2)23(17)31-15-18-7-4-5-9-20(18)25/h4-14H,15H2,1-3H3,(H,27,28)/b26-14-. The summed E-state index contributed by atoms with van der Waals surface area (Å²) in [7, 11) is 3.08. The second-order valence-corrected chi connectivity index (χ2v) is 7.07. The molecular weight excluding hydrogens is 416 g/mol. The third-order valence-electron chi connectivity index (χ3n) is 4.53. The van der Waals surface area contributed by atoms with Crippen molar-refractivity contribution in [2.24, 2.45) is 5.10 Å². The van der Waals surface area contributed by atoms with Gasteiger partial charge in [-0.3, -0.25) is 4.79 Å². The van der Waals surface area contributed by atoms with Crippen LogP contribution < -0.4 is 19.6 Å². The summed E-state index contributed by atoms with van der Waals surface area (Å²) in [4.78, 5) is 12.5. The lowest BCUT2D eigenvalue weighted by molar-refractivity contribution is 0.0952. The molecule has 0 atom stereocenters. The molecule has 3 aromatic carbocycles. The van der Waals surface area contributed by atoms with Crippen LogP contribution in [-0.2, 0) is 6.61 Å². The van der Waals surface area contributed by atoms with Crippen LogP contribution in [0.3, 0.4) is 0 Å². The number of carbonyl (C=O) groups excluding carboxylic acids is 1. The van der Waals surface area contributed by atoms with Gasteiger partial charge in [0.1, 0.15) is 12.4 Å². The van der Waals surface area contributed by atoms with Crippen molar-refractivity contribution < 1.29 is 19.0 Å². The lowest BCUT2D eigenvalue weighted by Gasteiger charge is -2.14. The highest BCUT2D eigenvalue weighted by molar-refractivity contribution is 6.31. The number of nitrogens with one attached hydrogen (secondary N) is 1. The highest BCUT2D eigenvalue weighted by Crippen LogP contribution is 2.31. The summed E-state index contributed by atoms with van der Waals surface area (Å²) < 4.78 is 16.7. The average Bonchev–Trinajstić information content (AvgIpc) is 2.78. The third kappa shape index (κ3) is 5.55. The van der Waals surface area contributed by atoms with Crippen LogP contribution in [0.25, 0.3) is 0 Å². The molecule has 1 N–H and O–H groups in total. The number of methoxy groups -OCH3 is 2. The fraction of sp³-hybridized carbons (Fsp3) is 0.167. The highest BCUT2D eigenvalue weighted by Gasteiger charge is 2.13. The molecule has 0 heterocycles. The van der Waals surface area contributed by atoms with Gasteiger partial charge in [-0.05, 0) is 42.8 Å². The Bertz CT molecular complexity index is 1100. The zero-order valence-corrected chi connectivity index (χ0v) is 18.3. The van der Waals surface area contributed by atoms with Crippen LogP contribution in [0, 0.1) is 6.92 Å². The molecule has 0 aliphatic rings. The van der Waals surface area contributed by atoms with Gasteiger partial charge in [-0.25, -0.2) is 5.43 Å². The quantitative estimate of drug-likeness (QED) is 0.396. The third-order valence-corrected chi connectivity index (χ3v) is 4.90. The molecule has 160 valence electrons. The number of nitrogens with zero attached hydrogens (tertiary/aromatic N) is 1. The summed E-state index contributed by atoms with van der Waals surface area (Å²) in [5, 5.41) is 4.70. The molecule has 3 aromatic rings. The van der Waals surface area contributed by atoms with Crippen LogP contribution in [0.1, 0.15) is 27.0 Å².